The maximum Gasteiger partial charge on any atom is 0.258 e. The Balaban J connectivity index is 1.47. The van der Waals surface area contributed by atoms with E-state index in [-0.39, 0.29) is 35.6 Å². The van der Waals surface area contributed by atoms with E-state index >= 15 is 0 Å². The van der Waals surface area contributed by atoms with Gasteiger partial charge in [0.05, 0.1) is 16.3 Å². The van der Waals surface area contributed by atoms with Gasteiger partial charge in [0.15, 0.2) is 11.6 Å². The molecule has 11 heteroatoms. The molecular weight excluding hydrogens is 542 g/mol. The minimum atomic E-state index is -0.964. The Kier molecular flexibility index (Phi) is 9.93. The number of amides is 3. The van der Waals surface area contributed by atoms with Crippen molar-refractivity contribution in [3.8, 4) is 5.75 Å². The van der Waals surface area contributed by atoms with Crippen LogP contribution in [-0.2, 0) is 14.4 Å². The van der Waals surface area contributed by atoms with E-state index in [1.807, 2.05) is 75.3 Å². The first kappa shape index (κ1) is 30.0. The number of nitrogens with zero attached hydrogens (tertiary/aromatic N) is 2. The van der Waals surface area contributed by atoms with Crippen molar-refractivity contribution in [3.63, 3.8) is 0 Å². The predicted molar refractivity (Wildman–Crippen MR) is 159 cm³/mol. The monoisotopic (exact) mass is 579 g/mol. The molecule has 3 N–H and O–H groups in total. The molecule has 10 nitrogen and oxygen atoms in total. The first-order chi connectivity index (χ1) is 19.6. The van der Waals surface area contributed by atoms with Crippen molar-refractivity contribution < 1.29 is 23.9 Å². The first-order valence-electron chi connectivity index (χ1n) is 13.8. The molecule has 1 saturated heterocycles. The summed E-state index contributed by atoms with van der Waals surface area (Å²) in [7, 11) is 3.82. The second-order valence-corrected chi connectivity index (χ2v) is 11.9. The molecule has 3 aromatic rings. The average Bonchev–Trinajstić information content (AvgIpc) is 3.56. The molecule has 0 aliphatic carbocycles. The van der Waals surface area contributed by atoms with Gasteiger partial charge in [-0.15, -0.1) is 11.3 Å². The van der Waals surface area contributed by atoms with E-state index in [4.69, 9.17) is 4.74 Å². The number of ether oxygens (including phenoxy) is 1. The fourth-order valence-corrected chi connectivity index (χ4v) is 5.68. The van der Waals surface area contributed by atoms with Crippen LogP contribution in [0.1, 0.15) is 42.9 Å². The molecule has 2 heterocycles. The Morgan fingerprint density at radius 1 is 1.10 bits per heavy atom. The highest BCUT2D eigenvalue weighted by Gasteiger charge is 2.34. The molecule has 0 unspecified atom stereocenters. The van der Waals surface area contributed by atoms with Crippen LogP contribution in [-0.4, -0.2) is 67.8 Å². The number of nitrogens with one attached hydrogen (secondary N) is 3. The number of thiazole rings is 1. The summed E-state index contributed by atoms with van der Waals surface area (Å²) in [5, 5.41) is 8.68. The second-order valence-electron chi connectivity index (χ2n) is 10.9. The number of hydrogen-bond acceptors (Lipinski definition) is 8. The van der Waals surface area contributed by atoms with Crippen LogP contribution in [0, 0.1) is 11.8 Å². The number of aromatic nitrogens is 1. The molecule has 1 aliphatic rings. The van der Waals surface area contributed by atoms with Gasteiger partial charge < -0.3 is 25.6 Å². The second kappa shape index (κ2) is 13.6. The van der Waals surface area contributed by atoms with Gasteiger partial charge in [-0.05, 0) is 49.4 Å². The number of hydrogen-bond donors (Lipinski definition) is 3. The van der Waals surface area contributed by atoms with Crippen molar-refractivity contribution in [2.24, 2.45) is 11.8 Å². The summed E-state index contributed by atoms with van der Waals surface area (Å²) < 4.78 is 6.54. The zero-order chi connectivity index (χ0) is 29.5. The average molecular weight is 580 g/mol. The summed E-state index contributed by atoms with van der Waals surface area (Å²) in [5.41, 5.74) is 1.63. The largest absolute Gasteiger partial charge is 0.484 e. The molecule has 3 atom stereocenters. The molecule has 41 heavy (non-hydrogen) atoms. The minimum absolute atomic E-state index is 0.0859. The number of benzene rings is 2. The third-order valence-corrected chi connectivity index (χ3v) is 7.93. The van der Waals surface area contributed by atoms with Crippen molar-refractivity contribution >= 4 is 50.7 Å². The Hall–Kier alpha value is -3.99. The zero-order valence-electron chi connectivity index (χ0n) is 23.8. The summed E-state index contributed by atoms with van der Waals surface area (Å²) in [6.07, 6.45) is 1.09. The van der Waals surface area contributed by atoms with Crippen LogP contribution in [0.2, 0.25) is 0 Å². The Bertz CT molecular complexity index is 1370. The topological polar surface area (TPSA) is 130 Å². The van der Waals surface area contributed by atoms with E-state index in [0.717, 1.165) is 10.4 Å². The normalized spacial score (nSPS) is 16.2. The molecule has 0 bridgehead atoms. The fraction of sp³-hybridized carbons (Fsp3) is 0.433. The SMILES string of the molecule is CC(C)C[C@H](NC(=O)COc1cccc(N(C)C)c1)C(=O)N[C@@H](C[C@@H]1CCNC1=O)C(=O)c1nc2ccccc2s1. The highest BCUT2D eigenvalue weighted by Crippen LogP contribution is 2.25. The van der Waals surface area contributed by atoms with Gasteiger partial charge in [-0.25, -0.2) is 4.98 Å². The molecule has 3 amide bonds. The van der Waals surface area contributed by atoms with Gasteiger partial charge in [-0.1, -0.05) is 32.0 Å². The Morgan fingerprint density at radius 2 is 1.88 bits per heavy atom. The number of carbonyl (C=O) groups excluding carboxylic acids is 4. The van der Waals surface area contributed by atoms with Gasteiger partial charge >= 0.3 is 0 Å². The molecule has 4 rings (SSSR count). The number of fused-ring (bicyclic) bond motifs is 1. The van der Waals surface area contributed by atoms with Gasteiger partial charge in [-0.3, -0.25) is 19.2 Å². The number of anilines is 1. The van der Waals surface area contributed by atoms with E-state index in [1.54, 1.807) is 6.07 Å². The quantitative estimate of drug-likeness (QED) is 0.265. The molecule has 1 aliphatic heterocycles. The summed E-state index contributed by atoms with van der Waals surface area (Å²) in [6, 6.07) is 12.9. The van der Waals surface area contributed by atoms with Crippen LogP contribution in [0.3, 0.4) is 0 Å². The Morgan fingerprint density at radius 3 is 2.56 bits per heavy atom. The minimum Gasteiger partial charge on any atom is -0.484 e. The van der Waals surface area contributed by atoms with Gasteiger partial charge in [0.25, 0.3) is 5.91 Å². The van der Waals surface area contributed by atoms with Crippen LogP contribution in [0.15, 0.2) is 48.5 Å². The van der Waals surface area contributed by atoms with Crippen molar-refractivity contribution in [2.75, 3.05) is 32.1 Å². The highest BCUT2D eigenvalue weighted by atomic mass is 32.1. The van der Waals surface area contributed by atoms with Gasteiger partial charge in [0.1, 0.15) is 11.8 Å². The standard InChI is InChI=1S/C30H37N5O5S/c1-18(2)14-24(32-26(36)17-40-21-9-7-8-20(16-21)35(3)4)29(39)33-23(15-19-12-13-31-28(19)38)27(37)30-34-22-10-5-6-11-25(22)41-30/h5-11,16,18-19,23-24H,12-15,17H2,1-4H3,(H,31,38)(H,32,36)(H,33,39)/t19-,23-,24-/m0/s1. The number of rotatable bonds is 13. The van der Waals surface area contributed by atoms with Crippen molar-refractivity contribution in [1.29, 1.82) is 0 Å². The number of Topliss-reactive ketones (excluding diaryl/α,β-unsaturated/α-hetero) is 1. The van der Waals surface area contributed by atoms with Crippen LogP contribution in [0.25, 0.3) is 10.2 Å². The molecule has 0 spiro atoms. The van der Waals surface area contributed by atoms with Crippen LogP contribution >= 0.6 is 11.3 Å². The zero-order valence-corrected chi connectivity index (χ0v) is 24.6. The lowest BCUT2D eigenvalue weighted by molar-refractivity contribution is -0.130. The maximum absolute atomic E-state index is 13.6. The smallest absolute Gasteiger partial charge is 0.258 e. The number of carbonyl (C=O) groups is 4. The lowest BCUT2D eigenvalue weighted by Gasteiger charge is -2.24. The van der Waals surface area contributed by atoms with Crippen LogP contribution in [0.4, 0.5) is 5.69 Å². The number of ketones is 1. The third kappa shape index (κ3) is 8.03. The van der Waals surface area contributed by atoms with Crippen molar-refractivity contribution in [2.45, 2.75) is 45.2 Å². The molecule has 218 valence electrons. The number of para-hydroxylation sites is 1. The molecule has 0 radical (unpaired) electrons. The van der Waals surface area contributed by atoms with Gasteiger partial charge in [0.2, 0.25) is 17.6 Å². The first-order valence-corrected chi connectivity index (χ1v) is 14.6. The Labute approximate surface area is 243 Å². The van der Waals surface area contributed by atoms with E-state index < -0.39 is 29.8 Å². The molecule has 2 aromatic carbocycles. The van der Waals surface area contributed by atoms with Crippen molar-refractivity contribution in [3.05, 3.63) is 53.5 Å². The molecule has 1 aromatic heterocycles. The summed E-state index contributed by atoms with van der Waals surface area (Å²) in [6.45, 7) is 4.16. The third-order valence-electron chi connectivity index (χ3n) is 6.88. The van der Waals surface area contributed by atoms with E-state index in [0.29, 0.717) is 30.7 Å². The molecule has 0 saturated carbocycles. The van der Waals surface area contributed by atoms with Gasteiger partial charge in [0, 0.05) is 38.3 Å². The summed E-state index contributed by atoms with van der Waals surface area (Å²) >= 11 is 1.25. The lowest BCUT2D eigenvalue weighted by atomic mass is 9.95. The van der Waals surface area contributed by atoms with E-state index in [9.17, 15) is 19.2 Å². The molecular formula is C30H37N5O5S. The van der Waals surface area contributed by atoms with E-state index in [1.165, 1.54) is 11.3 Å². The van der Waals surface area contributed by atoms with E-state index in [2.05, 4.69) is 20.9 Å². The summed E-state index contributed by atoms with van der Waals surface area (Å²) in [4.78, 5) is 58.8. The maximum atomic E-state index is 13.6. The highest BCUT2D eigenvalue weighted by molar-refractivity contribution is 7.20. The van der Waals surface area contributed by atoms with Crippen LogP contribution in [0.5, 0.6) is 5.75 Å². The van der Waals surface area contributed by atoms with Crippen molar-refractivity contribution in [1.82, 2.24) is 20.9 Å². The van der Waals surface area contributed by atoms with Gasteiger partial charge in [-0.2, -0.15) is 0 Å². The van der Waals surface area contributed by atoms with Crippen LogP contribution < -0.4 is 25.6 Å². The summed E-state index contributed by atoms with van der Waals surface area (Å²) in [5.74, 6) is -1.20. The predicted octanol–water partition coefficient (Wildman–Crippen LogP) is 3.17. The fourth-order valence-electron chi connectivity index (χ4n) is 4.72. The molecule has 1 fully saturated rings. The lowest BCUT2D eigenvalue weighted by Crippen LogP contribution is -2.53.